The topological polar surface area (TPSA) is 44.4 Å². The maximum atomic E-state index is 10.3. The molecule has 2 aromatic carbocycles. The summed E-state index contributed by atoms with van der Waals surface area (Å²) in [4.78, 5) is 12.9. The summed E-state index contributed by atoms with van der Waals surface area (Å²) in [5, 5.41) is 5.74. The molecule has 2 N–H and O–H groups in total. The molecule has 4 nitrogen and oxygen atoms in total. The maximum Gasteiger partial charge on any atom is 2.00 e. The SMILES string of the molecule is CNCCCN1CC[CH-]CC1.O=[C-]Nc1ccccc1-c1ccccc1.[W+2]. The van der Waals surface area contributed by atoms with E-state index in [2.05, 4.69) is 22.0 Å². The number of hydrogen-bond donors (Lipinski definition) is 2. The van der Waals surface area contributed by atoms with Crippen molar-refractivity contribution in [3.05, 3.63) is 61.0 Å². The maximum absolute atomic E-state index is 10.3. The Balaban J connectivity index is 0.000000273. The molecule has 1 fully saturated rings. The molecule has 0 aliphatic carbocycles. The molecule has 0 saturated carbocycles. The number of nitrogens with zero attached hydrogens (tertiary/aromatic N) is 1. The van der Waals surface area contributed by atoms with Crippen molar-refractivity contribution in [3.63, 3.8) is 0 Å². The Morgan fingerprint density at radius 1 is 1.04 bits per heavy atom. The molecule has 27 heavy (non-hydrogen) atoms. The fourth-order valence-corrected chi connectivity index (χ4v) is 3.02. The fraction of sp³-hybridized carbons (Fsp3) is 0.364. The van der Waals surface area contributed by atoms with Gasteiger partial charge in [0.05, 0.1) is 6.41 Å². The van der Waals surface area contributed by atoms with E-state index in [0.717, 1.165) is 23.4 Å². The number of para-hydroxylation sites is 1. The summed E-state index contributed by atoms with van der Waals surface area (Å²) < 4.78 is 0. The van der Waals surface area contributed by atoms with Gasteiger partial charge in [0, 0.05) is 0 Å². The molecule has 0 radical (unpaired) electrons. The minimum absolute atomic E-state index is 0. The van der Waals surface area contributed by atoms with Crippen LogP contribution in [0.15, 0.2) is 54.6 Å². The van der Waals surface area contributed by atoms with Gasteiger partial charge in [-0.1, -0.05) is 54.1 Å². The Hall–Kier alpha value is -1.48. The predicted molar refractivity (Wildman–Crippen MR) is 110 cm³/mol. The average molecular weight is 535 g/mol. The number of piperidine rings is 1. The molecule has 3 rings (SSSR count). The first-order valence-corrected chi connectivity index (χ1v) is 9.31. The molecule has 1 heterocycles. The van der Waals surface area contributed by atoms with Crippen molar-refractivity contribution in [1.82, 2.24) is 10.2 Å². The Labute approximate surface area is 178 Å². The molecule has 0 unspecified atom stereocenters. The van der Waals surface area contributed by atoms with Gasteiger partial charge in [0.15, 0.2) is 0 Å². The van der Waals surface area contributed by atoms with Gasteiger partial charge in [0.25, 0.3) is 0 Å². The summed E-state index contributed by atoms with van der Waals surface area (Å²) in [6.07, 6.45) is 7.96. The van der Waals surface area contributed by atoms with Gasteiger partial charge in [-0.3, -0.25) is 0 Å². The van der Waals surface area contributed by atoms with Crippen LogP contribution in [0.1, 0.15) is 19.3 Å². The number of carbonyl (C=O) groups excluding carboxylic acids is 1. The van der Waals surface area contributed by atoms with Crippen molar-refractivity contribution in [2.75, 3.05) is 38.5 Å². The molecule has 2 aromatic rings. The van der Waals surface area contributed by atoms with Crippen molar-refractivity contribution < 1.29 is 25.9 Å². The van der Waals surface area contributed by atoms with E-state index in [-0.39, 0.29) is 21.1 Å². The van der Waals surface area contributed by atoms with E-state index in [9.17, 15) is 4.79 Å². The van der Waals surface area contributed by atoms with Crippen LogP contribution in [0, 0.1) is 6.42 Å². The first-order valence-electron chi connectivity index (χ1n) is 9.31. The standard InChI is InChI=1S/C13H10NO.C9H19N2.W/c15-10-14-13-9-5-4-8-12(13)11-6-2-1-3-7-11;1-10-6-5-9-11-7-3-2-4-8-11;/h1-9H,(H,14,15);2,10H,3-9H2,1H3;/q2*-1;+2. The Bertz CT molecular complexity index is 630. The third-order valence-electron chi connectivity index (χ3n) is 4.40. The minimum Gasteiger partial charge on any atom is -0.490 e. The molecular weight excluding hydrogens is 506 g/mol. The van der Waals surface area contributed by atoms with E-state index in [1.807, 2.05) is 61.6 Å². The van der Waals surface area contributed by atoms with Crippen molar-refractivity contribution in [3.8, 4) is 11.1 Å². The second-order valence-corrected chi connectivity index (χ2v) is 6.30. The molecule has 144 valence electrons. The van der Waals surface area contributed by atoms with Gasteiger partial charge in [-0.15, -0.1) is 11.8 Å². The number of benzene rings is 2. The van der Waals surface area contributed by atoms with Crippen molar-refractivity contribution in [2.24, 2.45) is 0 Å². The van der Waals surface area contributed by atoms with Crippen molar-refractivity contribution >= 4 is 12.1 Å². The summed E-state index contributed by atoms with van der Waals surface area (Å²) >= 11 is 0. The molecule has 0 aromatic heterocycles. The molecule has 1 aliphatic heterocycles. The van der Waals surface area contributed by atoms with Gasteiger partial charge in [-0.2, -0.15) is 12.8 Å². The van der Waals surface area contributed by atoms with Crippen molar-refractivity contribution in [1.29, 1.82) is 0 Å². The summed E-state index contributed by atoms with van der Waals surface area (Å²) in [7, 11) is 2.02. The molecule has 1 aliphatic rings. The van der Waals surface area contributed by atoms with Crippen LogP contribution in [0.2, 0.25) is 0 Å². The summed E-state index contributed by atoms with van der Waals surface area (Å²) in [6, 6.07) is 17.6. The van der Waals surface area contributed by atoms with Gasteiger partial charge in [-0.25, -0.2) is 0 Å². The number of hydrogen-bond acceptors (Lipinski definition) is 3. The van der Waals surface area contributed by atoms with Crippen LogP contribution in [-0.4, -0.2) is 44.5 Å². The van der Waals surface area contributed by atoms with Crippen LogP contribution in [-0.2, 0) is 25.9 Å². The van der Waals surface area contributed by atoms with E-state index < -0.39 is 0 Å². The molecule has 1 saturated heterocycles. The van der Waals surface area contributed by atoms with Crippen LogP contribution in [0.25, 0.3) is 11.1 Å². The molecule has 0 atom stereocenters. The number of nitrogens with one attached hydrogen (secondary N) is 2. The van der Waals surface area contributed by atoms with Crippen LogP contribution in [0.4, 0.5) is 5.69 Å². The number of amides is 1. The molecule has 0 bridgehead atoms. The zero-order chi connectivity index (χ0) is 18.5. The van der Waals surface area contributed by atoms with E-state index >= 15 is 0 Å². The van der Waals surface area contributed by atoms with E-state index in [1.165, 1.54) is 38.9 Å². The van der Waals surface area contributed by atoms with E-state index in [1.54, 1.807) is 6.41 Å². The monoisotopic (exact) mass is 535 g/mol. The zero-order valence-corrected chi connectivity index (χ0v) is 18.9. The third-order valence-corrected chi connectivity index (χ3v) is 4.40. The molecule has 1 amide bonds. The van der Waals surface area contributed by atoms with Crippen molar-refractivity contribution in [2.45, 2.75) is 19.3 Å². The second kappa shape index (κ2) is 14.6. The van der Waals surface area contributed by atoms with Crippen LogP contribution >= 0.6 is 0 Å². The van der Waals surface area contributed by atoms with Crippen LogP contribution < -0.4 is 10.6 Å². The smallest absolute Gasteiger partial charge is 0.490 e. The second-order valence-electron chi connectivity index (χ2n) is 6.30. The fourth-order valence-electron chi connectivity index (χ4n) is 3.02. The quantitative estimate of drug-likeness (QED) is 0.323. The third kappa shape index (κ3) is 8.83. The summed E-state index contributed by atoms with van der Waals surface area (Å²) in [5.74, 6) is 0. The van der Waals surface area contributed by atoms with Gasteiger partial charge in [0.1, 0.15) is 0 Å². The average Bonchev–Trinajstić information content (AvgIpc) is 2.71. The molecular formula is C22H29N3OW. The largest absolute Gasteiger partial charge is 2.00 e. The number of anilines is 1. The van der Waals surface area contributed by atoms with Gasteiger partial charge in [0.2, 0.25) is 0 Å². The number of likely N-dealkylation sites (tertiary alicyclic amines) is 1. The number of rotatable bonds is 7. The Morgan fingerprint density at radius 2 is 1.70 bits per heavy atom. The minimum atomic E-state index is 0. The summed E-state index contributed by atoms with van der Waals surface area (Å²) in [6.45, 7) is 4.99. The van der Waals surface area contributed by atoms with Gasteiger partial charge < -0.3 is 26.7 Å². The summed E-state index contributed by atoms with van der Waals surface area (Å²) in [5.41, 5.74) is 2.86. The van der Waals surface area contributed by atoms with E-state index in [0.29, 0.717) is 0 Å². The normalized spacial score (nSPS) is 13.7. The van der Waals surface area contributed by atoms with Crippen LogP contribution in [0.3, 0.4) is 0 Å². The zero-order valence-electron chi connectivity index (χ0n) is 16.0. The molecule has 5 heteroatoms. The Kier molecular flexibility index (Phi) is 12.7. The molecule has 0 spiro atoms. The van der Waals surface area contributed by atoms with E-state index in [4.69, 9.17) is 0 Å². The predicted octanol–water partition coefficient (Wildman–Crippen LogP) is 3.73. The van der Waals surface area contributed by atoms with Crippen LogP contribution in [0.5, 0.6) is 0 Å². The van der Waals surface area contributed by atoms with Gasteiger partial charge in [-0.05, 0) is 45.2 Å². The Morgan fingerprint density at radius 3 is 2.37 bits per heavy atom. The first-order chi connectivity index (χ1) is 12.8. The van der Waals surface area contributed by atoms with Gasteiger partial charge >= 0.3 is 21.1 Å². The first kappa shape index (κ1) is 23.6.